The lowest BCUT2D eigenvalue weighted by Crippen LogP contribution is -2.42. The van der Waals surface area contributed by atoms with Gasteiger partial charge in [-0.25, -0.2) is 0 Å². The van der Waals surface area contributed by atoms with E-state index in [0.29, 0.717) is 31.3 Å². The fourth-order valence-electron chi connectivity index (χ4n) is 3.73. The van der Waals surface area contributed by atoms with Gasteiger partial charge in [0.05, 0.1) is 18.6 Å². The van der Waals surface area contributed by atoms with Gasteiger partial charge in [-0.3, -0.25) is 14.5 Å². The summed E-state index contributed by atoms with van der Waals surface area (Å²) in [6.07, 6.45) is 3.32. The third kappa shape index (κ3) is 12.6. The number of hydrogen-bond acceptors (Lipinski definition) is 7. The van der Waals surface area contributed by atoms with Crippen LogP contribution in [0.3, 0.4) is 0 Å². The lowest BCUT2D eigenvalue weighted by atomic mass is 9.89. The summed E-state index contributed by atoms with van der Waals surface area (Å²) in [5.41, 5.74) is 1.59. The molecule has 0 aliphatic carbocycles. The zero-order chi connectivity index (χ0) is 26.5. The van der Waals surface area contributed by atoms with E-state index >= 15 is 0 Å². The number of carbonyl (C=O) groups excluding carboxylic acids is 2. The standard InChI is InChI=1S/C25H46N4O2S4/c1-7-26-16-21(30)28(20-32)18-24(3,4)10-14-34-12-9-13-35-15-11-25(5,6)19-29-22(31)17-27(8-2)23(29)33/h20,26H,7-19H2,1-6H3. The summed E-state index contributed by atoms with van der Waals surface area (Å²) >= 11 is 14.6. The summed E-state index contributed by atoms with van der Waals surface area (Å²) < 4.78 is 0. The van der Waals surface area contributed by atoms with E-state index in [1.165, 1.54) is 11.9 Å². The fraction of sp³-hybridized carbons (Fsp3) is 0.840. The zero-order valence-corrected chi connectivity index (χ0v) is 25.8. The highest BCUT2D eigenvalue weighted by Gasteiger charge is 2.35. The first-order valence-electron chi connectivity index (χ1n) is 12.7. The Morgan fingerprint density at radius 3 is 2.20 bits per heavy atom. The van der Waals surface area contributed by atoms with Crippen molar-refractivity contribution >= 4 is 70.4 Å². The van der Waals surface area contributed by atoms with E-state index in [4.69, 9.17) is 24.4 Å². The van der Waals surface area contributed by atoms with Crippen LogP contribution < -0.4 is 5.32 Å². The molecule has 0 atom stereocenters. The van der Waals surface area contributed by atoms with Crippen molar-refractivity contribution in [3.05, 3.63) is 0 Å². The van der Waals surface area contributed by atoms with Crippen molar-refractivity contribution in [2.24, 2.45) is 10.8 Å². The topological polar surface area (TPSA) is 55.9 Å². The fourth-order valence-corrected chi connectivity index (χ4v) is 6.96. The second-order valence-electron chi connectivity index (χ2n) is 10.6. The number of carbonyl (C=O) groups is 2. The molecule has 0 aromatic carbocycles. The van der Waals surface area contributed by atoms with Crippen LogP contribution in [0.5, 0.6) is 0 Å². The van der Waals surface area contributed by atoms with Gasteiger partial charge in [-0.05, 0) is 78.8 Å². The van der Waals surface area contributed by atoms with E-state index in [-0.39, 0.29) is 22.6 Å². The Bertz CT molecular complexity index is 703. The van der Waals surface area contributed by atoms with Crippen LogP contribution in [-0.2, 0) is 9.59 Å². The predicted molar refractivity (Wildman–Crippen MR) is 162 cm³/mol. The Hall–Kier alpha value is -0.420. The zero-order valence-electron chi connectivity index (χ0n) is 22.6. The molecule has 1 heterocycles. The molecule has 0 radical (unpaired) electrons. The Kier molecular flexibility index (Phi) is 15.3. The minimum absolute atomic E-state index is 0.0394. The van der Waals surface area contributed by atoms with Crippen LogP contribution in [0.2, 0.25) is 0 Å². The molecule has 202 valence electrons. The summed E-state index contributed by atoms with van der Waals surface area (Å²) in [4.78, 5) is 30.0. The predicted octanol–water partition coefficient (Wildman–Crippen LogP) is 4.52. The third-order valence-electron chi connectivity index (χ3n) is 6.09. The molecule has 0 saturated carbocycles. The van der Waals surface area contributed by atoms with Crippen LogP contribution in [0.1, 0.15) is 60.8 Å². The Morgan fingerprint density at radius 1 is 1.09 bits per heavy atom. The Labute approximate surface area is 233 Å². The second kappa shape index (κ2) is 16.4. The van der Waals surface area contributed by atoms with Gasteiger partial charge < -0.3 is 15.1 Å². The van der Waals surface area contributed by atoms with Gasteiger partial charge in [-0.1, -0.05) is 46.8 Å². The molecule has 0 aromatic heterocycles. The van der Waals surface area contributed by atoms with E-state index in [1.807, 2.05) is 42.3 Å². The van der Waals surface area contributed by atoms with Gasteiger partial charge in [0.1, 0.15) is 0 Å². The molecule has 10 heteroatoms. The first-order chi connectivity index (χ1) is 16.5. The van der Waals surface area contributed by atoms with Gasteiger partial charge in [0.15, 0.2) is 5.11 Å². The molecule has 0 spiro atoms. The number of amides is 2. The molecule has 0 aromatic rings. The summed E-state index contributed by atoms with van der Waals surface area (Å²) in [6.45, 7) is 16.6. The molecular weight excluding hydrogens is 517 g/mol. The number of rotatable bonds is 19. The SMILES string of the molecule is CCNCC(=O)N(C=S)CC(C)(C)CCSCCCSCCC(C)(C)CN1C(=O)CN(CC)C1=S. The molecule has 35 heavy (non-hydrogen) atoms. The van der Waals surface area contributed by atoms with Crippen molar-refractivity contribution in [2.45, 2.75) is 60.8 Å². The van der Waals surface area contributed by atoms with Crippen molar-refractivity contribution < 1.29 is 9.59 Å². The number of nitrogens with one attached hydrogen (secondary N) is 1. The van der Waals surface area contributed by atoms with Crippen LogP contribution >= 0.6 is 48.0 Å². The smallest absolute Gasteiger partial charge is 0.248 e. The van der Waals surface area contributed by atoms with E-state index in [2.05, 4.69) is 33.0 Å². The van der Waals surface area contributed by atoms with Gasteiger partial charge in [0, 0.05) is 19.6 Å². The molecule has 6 nitrogen and oxygen atoms in total. The quantitative estimate of drug-likeness (QED) is 0.182. The summed E-state index contributed by atoms with van der Waals surface area (Å²) in [5, 5.41) is 3.76. The molecule has 1 aliphatic heterocycles. The number of thiocarbonyl (C=S) groups is 2. The second-order valence-corrected chi connectivity index (χ2v) is 13.6. The van der Waals surface area contributed by atoms with Crippen molar-refractivity contribution in [1.29, 1.82) is 0 Å². The average Bonchev–Trinajstić information content (AvgIpc) is 3.06. The maximum atomic E-state index is 12.3. The molecular formula is C25H46N4O2S4. The van der Waals surface area contributed by atoms with Crippen LogP contribution in [-0.4, -0.2) is 99.4 Å². The molecule has 0 unspecified atom stereocenters. The van der Waals surface area contributed by atoms with Gasteiger partial charge in [0.2, 0.25) is 11.8 Å². The molecule has 1 saturated heterocycles. The molecule has 1 aliphatic rings. The average molecular weight is 563 g/mol. The minimum Gasteiger partial charge on any atom is -0.340 e. The number of hydrogen-bond donors (Lipinski definition) is 1. The van der Waals surface area contributed by atoms with Gasteiger partial charge in [0.25, 0.3) is 0 Å². The molecule has 0 bridgehead atoms. The van der Waals surface area contributed by atoms with Crippen molar-refractivity contribution in [1.82, 2.24) is 20.0 Å². The highest BCUT2D eigenvalue weighted by molar-refractivity contribution is 8.00. The number of likely N-dealkylation sites (N-methyl/N-ethyl adjacent to an activating group) is 2. The summed E-state index contributed by atoms with van der Waals surface area (Å²) in [7, 11) is 0. The Balaban J connectivity index is 2.17. The molecule has 1 fully saturated rings. The van der Waals surface area contributed by atoms with E-state index in [9.17, 15) is 9.59 Å². The van der Waals surface area contributed by atoms with E-state index in [1.54, 1.807) is 9.80 Å². The van der Waals surface area contributed by atoms with Crippen LogP contribution in [0.25, 0.3) is 0 Å². The number of nitrogens with zero attached hydrogens (tertiary/aromatic N) is 3. The van der Waals surface area contributed by atoms with Crippen molar-refractivity contribution in [3.63, 3.8) is 0 Å². The lowest BCUT2D eigenvalue weighted by Gasteiger charge is -2.30. The van der Waals surface area contributed by atoms with Gasteiger partial charge in [-0.15, -0.1) is 0 Å². The minimum atomic E-state index is 0.0394. The lowest BCUT2D eigenvalue weighted by molar-refractivity contribution is -0.127. The van der Waals surface area contributed by atoms with Gasteiger partial charge in [-0.2, -0.15) is 23.5 Å². The molecule has 1 N–H and O–H groups in total. The highest BCUT2D eigenvalue weighted by atomic mass is 32.2. The van der Waals surface area contributed by atoms with Crippen molar-refractivity contribution in [3.8, 4) is 0 Å². The third-order valence-corrected chi connectivity index (χ3v) is 8.97. The first-order valence-corrected chi connectivity index (χ1v) is 15.9. The van der Waals surface area contributed by atoms with Crippen LogP contribution in [0.4, 0.5) is 0 Å². The molecule has 2 amide bonds. The van der Waals surface area contributed by atoms with Crippen LogP contribution in [0.15, 0.2) is 0 Å². The van der Waals surface area contributed by atoms with Crippen molar-refractivity contribution in [2.75, 3.05) is 62.3 Å². The maximum Gasteiger partial charge on any atom is 0.248 e. The first kappa shape index (κ1) is 32.6. The monoisotopic (exact) mass is 562 g/mol. The number of thioether (sulfide) groups is 2. The normalized spacial score (nSPS) is 14.7. The summed E-state index contributed by atoms with van der Waals surface area (Å²) in [6, 6.07) is 0. The van der Waals surface area contributed by atoms with Crippen LogP contribution in [0, 0.1) is 10.8 Å². The molecule has 1 rings (SSSR count). The van der Waals surface area contributed by atoms with E-state index < -0.39 is 0 Å². The highest BCUT2D eigenvalue weighted by Crippen LogP contribution is 2.27. The maximum absolute atomic E-state index is 12.3. The largest absolute Gasteiger partial charge is 0.340 e. The Morgan fingerprint density at radius 2 is 1.69 bits per heavy atom. The summed E-state index contributed by atoms with van der Waals surface area (Å²) in [5.74, 6) is 4.69. The van der Waals surface area contributed by atoms with E-state index in [0.717, 1.165) is 48.9 Å². The van der Waals surface area contributed by atoms with Gasteiger partial charge >= 0.3 is 0 Å².